The van der Waals surface area contributed by atoms with Crippen molar-refractivity contribution in [2.45, 2.75) is 13.5 Å². The number of amides is 3. The average Bonchev–Trinajstić information content (AvgIpc) is 2.76. The predicted octanol–water partition coefficient (Wildman–Crippen LogP) is -1.01. The van der Waals surface area contributed by atoms with E-state index in [0.29, 0.717) is 18.8 Å². The molecule has 3 heterocycles. The lowest BCUT2D eigenvalue weighted by atomic mass is 9.99. The number of aromatic nitrogens is 2. The highest BCUT2D eigenvalue weighted by atomic mass is 16.6. The van der Waals surface area contributed by atoms with Crippen LogP contribution in [0.25, 0.3) is 0 Å². The van der Waals surface area contributed by atoms with E-state index in [1.54, 1.807) is 11.8 Å². The van der Waals surface area contributed by atoms with Crippen molar-refractivity contribution in [2.24, 2.45) is 5.92 Å². The number of cyclic esters (lactones) is 1. The van der Waals surface area contributed by atoms with Crippen LogP contribution in [0.3, 0.4) is 0 Å². The molecule has 0 spiro atoms. The van der Waals surface area contributed by atoms with E-state index in [9.17, 15) is 19.2 Å². The molecule has 23 heavy (non-hydrogen) atoms. The van der Waals surface area contributed by atoms with Crippen molar-refractivity contribution < 1.29 is 19.1 Å². The van der Waals surface area contributed by atoms with Crippen molar-refractivity contribution in [2.75, 3.05) is 26.2 Å². The van der Waals surface area contributed by atoms with Gasteiger partial charge in [0.25, 0.3) is 11.5 Å². The normalized spacial score (nSPS) is 18.1. The molecule has 0 saturated carbocycles. The number of hydrogen-bond acceptors (Lipinski definition) is 6. The van der Waals surface area contributed by atoms with Crippen LogP contribution in [0.15, 0.2) is 17.2 Å². The average molecular weight is 320 g/mol. The highest BCUT2D eigenvalue weighted by molar-refractivity contribution is 5.97. The van der Waals surface area contributed by atoms with Gasteiger partial charge in [-0.2, -0.15) is 0 Å². The topological polar surface area (TPSA) is 102 Å². The lowest BCUT2D eigenvalue weighted by Crippen LogP contribution is -2.55. The second kappa shape index (κ2) is 5.82. The Hall–Kier alpha value is -2.71. The van der Waals surface area contributed by atoms with Gasteiger partial charge < -0.3 is 9.64 Å². The van der Waals surface area contributed by atoms with Crippen LogP contribution < -0.4 is 5.56 Å². The second-order valence-corrected chi connectivity index (χ2v) is 5.72. The highest BCUT2D eigenvalue weighted by Crippen LogP contribution is 2.19. The molecule has 1 aromatic heterocycles. The molecule has 0 aromatic carbocycles. The highest BCUT2D eigenvalue weighted by Gasteiger charge is 2.38. The first-order valence-corrected chi connectivity index (χ1v) is 7.22. The van der Waals surface area contributed by atoms with E-state index in [0.717, 1.165) is 4.90 Å². The van der Waals surface area contributed by atoms with Gasteiger partial charge in [-0.3, -0.25) is 19.0 Å². The summed E-state index contributed by atoms with van der Waals surface area (Å²) in [6, 6.07) is 1.37. The summed E-state index contributed by atoms with van der Waals surface area (Å²) in [5.74, 6) is -0.497. The smallest absolute Gasteiger partial charge is 0.417 e. The zero-order valence-corrected chi connectivity index (χ0v) is 12.6. The summed E-state index contributed by atoms with van der Waals surface area (Å²) in [4.78, 5) is 53.3. The fourth-order valence-electron chi connectivity index (χ4n) is 2.59. The molecule has 0 aliphatic carbocycles. The molecule has 122 valence electrons. The van der Waals surface area contributed by atoms with E-state index in [1.807, 2.05) is 0 Å². The maximum absolute atomic E-state index is 12.1. The van der Waals surface area contributed by atoms with Crippen molar-refractivity contribution in [3.8, 4) is 0 Å². The first-order chi connectivity index (χ1) is 10.9. The van der Waals surface area contributed by atoms with E-state index in [4.69, 9.17) is 0 Å². The number of carbonyl (C=O) groups is 3. The Balaban J connectivity index is 1.51. The summed E-state index contributed by atoms with van der Waals surface area (Å²) in [6.45, 7) is 2.58. The lowest BCUT2D eigenvalue weighted by molar-refractivity contribution is -0.139. The van der Waals surface area contributed by atoms with Crippen molar-refractivity contribution in [3.05, 3.63) is 28.4 Å². The quantitative estimate of drug-likeness (QED) is 0.704. The summed E-state index contributed by atoms with van der Waals surface area (Å²) in [6.07, 6.45) is 0.725. The van der Waals surface area contributed by atoms with Crippen molar-refractivity contribution in [3.63, 3.8) is 0 Å². The largest absolute Gasteiger partial charge is 0.439 e. The molecule has 2 fully saturated rings. The van der Waals surface area contributed by atoms with Crippen LogP contribution in [0.2, 0.25) is 0 Å². The molecule has 0 unspecified atom stereocenters. The maximum atomic E-state index is 12.1. The van der Waals surface area contributed by atoms with E-state index >= 15 is 0 Å². The van der Waals surface area contributed by atoms with Crippen LogP contribution >= 0.6 is 0 Å². The van der Waals surface area contributed by atoms with Gasteiger partial charge in [0.05, 0.1) is 6.33 Å². The summed E-state index contributed by atoms with van der Waals surface area (Å²) >= 11 is 0. The summed E-state index contributed by atoms with van der Waals surface area (Å²) in [5.41, 5.74) is 0.332. The summed E-state index contributed by atoms with van der Waals surface area (Å²) in [5, 5.41) is 0. The molecule has 2 aliphatic rings. The van der Waals surface area contributed by atoms with E-state index in [1.165, 1.54) is 17.0 Å². The third-order valence-corrected chi connectivity index (χ3v) is 3.91. The number of imide groups is 1. The van der Waals surface area contributed by atoms with Gasteiger partial charge in [0.15, 0.2) is 6.61 Å². The Labute approximate surface area is 131 Å². The zero-order chi connectivity index (χ0) is 16.6. The third kappa shape index (κ3) is 3.08. The molecule has 2 saturated heterocycles. The lowest BCUT2D eigenvalue weighted by Gasteiger charge is -2.40. The summed E-state index contributed by atoms with van der Waals surface area (Å²) in [7, 11) is 0. The number of aryl methyl sites for hydroxylation is 1. The molecule has 3 rings (SSSR count). The SMILES string of the molecule is Cc1cc(=O)n(CC(=O)N2CC(CN3C(=O)COC3=O)C2)cn1. The fraction of sp³-hybridized carbons (Fsp3) is 0.500. The molecule has 9 nitrogen and oxygen atoms in total. The van der Waals surface area contributed by atoms with E-state index < -0.39 is 6.09 Å². The first kappa shape index (κ1) is 15.2. The van der Waals surface area contributed by atoms with Crippen molar-refractivity contribution >= 4 is 17.9 Å². The van der Waals surface area contributed by atoms with Gasteiger partial charge >= 0.3 is 6.09 Å². The number of rotatable bonds is 4. The van der Waals surface area contributed by atoms with Crippen LogP contribution in [-0.2, 0) is 20.9 Å². The number of carbonyl (C=O) groups excluding carboxylic acids is 3. The molecule has 2 aliphatic heterocycles. The Bertz CT molecular complexity index is 706. The van der Waals surface area contributed by atoms with Gasteiger partial charge in [-0.25, -0.2) is 14.7 Å². The van der Waals surface area contributed by atoms with Crippen LogP contribution in [0.5, 0.6) is 0 Å². The molecule has 0 atom stereocenters. The van der Waals surface area contributed by atoms with Crippen LogP contribution in [0, 0.1) is 12.8 Å². The minimum absolute atomic E-state index is 0.0430. The molecular formula is C14H16N4O5. The minimum Gasteiger partial charge on any atom is -0.439 e. The molecule has 0 N–H and O–H groups in total. The Morgan fingerprint density at radius 2 is 2.09 bits per heavy atom. The number of ether oxygens (including phenoxy) is 1. The van der Waals surface area contributed by atoms with E-state index in [2.05, 4.69) is 9.72 Å². The Kier molecular flexibility index (Phi) is 3.85. The maximum Gasteiger partial charge on any atom is 0.417 e. The van der Waals surface area contributed by atoms with Gasteiger partial charge in [-0.1, -0.05) is 0 Å². The van der Waals surface area contributed by atoms with Crippen molar-refractivity contribution in [1.82, 2.24) is 19.4 Å². The van der Waals surface area contributed by atoms with Gasteiger partial charge in [0.2, 0.25) is 5.91 Å². The standard InChI is InChI=1S/C14H16N4O5/c1-9-2-11(19)17(8-15-9)6-12(20)16-3-10(4-16)5-18-13(21)7-23-14(18)22/h2,8,10H,3-7H2,1H3. The third-order valence-electron chi connectivity index (χ3n) is 3.91. The van der Waals surface area contributed by atoms with Gasteiger partial charge in [-0.05, 0) is 6.92 Å². The van der Waals surface area contributed by atoms with Gasteiger partial charge in [0, 0.05) is 37.3 Å². The monoisotopic (exact) mass is 320 g/mol. The number of hydrogen-bond donors (Lipinski definition) is 0. The first-order valence-electron chi connectivity index (χ1n) is 7.22. The van der Waals surface area contributed by atoms with Crippen LogP contribution in [0.1, 0.15) is 5.69 Å². The summed E-state index contributed by atoms with van der Waals surface area (Å²) < 4.78 is 5.89. The molecular weight excluding hydrogens is 304 g/mol. The van der Waals surface area contributed by atoms with Crippen LogP contribution in [0.4, 0.5) is 4.79 Å². The second-order valence-electron chi connectivity index (χ2n) is 5.72. The predicted molar refractivity (Wildman–Crippen MR) is 76.4 cm³/mol. The molecule has 0 bridgehead atoms. The van der Waals surface area contributed by atoms with Gasteiger partial charge in [0.1, 0.15) is 6.54 Å². The number of likely N-dealkylation sites (tertiary alicyclic amines) is 1. The van der Waals surface area contributed by atoms with Crippen molar-refractivity contribution in [1.29, 1.82) is 0 Å². The van der Waals surface area contributed by atoms with E-state index in [-0.39, 0.29) is 43.0 Å². The molecule has 0 radical (unpaired) electrons. The molecule has 1 aromatic rings. The van der Waals surface area contributed by atoms with Crippen LogP contribution in [-0.4, -0.2) is 63.5 Å². The Morgan fingerprint density at radius 3 is 2.70 bits per heavy atom. The van der Waals surface area contributed by atoms with Gasteiger partial charge in [-0.15, -0.1) is 0 Å². The Morgan fingerprint density at radius 1 is 1.35 bits per heavy atom. The zero-order valence-electron chi connectivity index (χ0n) is 12.6. The molecule has 3 amide bonds. The molecule has 9 heteroatoms. The fourth-order valence-corrected chi connectivity index (χ4v) is 2.59. The minimum atomic E-state index is -0.628. The number of nitrogens with zero attached hydrogens (tertiary/aromatic N) is 4.